The Morgan fingerprint density at radius 1 is 1.03 bits per heavy atom. The number of benzene rings is 2. The summed E-state index contributed by atoms with van der Waals surface area (Å²) in [4.78, 5) is 19.9. The van der Waals surface area contributed by atoms with Crippen molar-refractivity contribution in [2.45, 2.75) is 55.9 Å². The molecule has 1 aromatic heterocycles. The number of esters is 1. The average Bonchev–Trinajstić information content (AvgIpc) is 3.54. The van der Waals surface area contributed by atoms with Crippen LogP contribution in [-0.4, -0.2) is 49.9 Å². The van der Waals surface area contributed by atoms with Gasteiger partial charge < -0.3 is 9.64 Å². The number of rotatable bonds is 6. The lowest BCUT2D eigenvalue weighted by Gasteiger charge is -2.30. The molecule has 2 fully saturated rings. The van der Waals surface area contributed by atoms with Crippen LogP contribution in [0.5, 0.6) is 5.75 Å². The van der Waals surface area contributed by atoms with E-state index in [1.54, 1.807) is 24.5 Å². The monoisotopic (exact) mass is 499 g/mol. The third-order valence-corrected chi connectivity index (χ3v) is 9.79. The highest BCUT2D eigenvalue weighted by molar-refractivity contribution is 7.89. The molecule has 2 aromatic carbocycles. The first-order valence-corrected chi connectivity index (χ1v) is 14.1. The van der Waals surface area contributed by atoms with Gasteiger partial charge in [-0.1, -0.05) is 30.6 Å². The molecule has 2 aliphatic rings. The Morgan fingerprint density at radius 3 is 2.44 bits per heavy atom. The SMILES string of the molecule is CN(C1CCCCC1)S(=O)(=O)c1ccc(C(=O)Oc2ccc3nc(N4CCCC4)sc3c2)cc1. The van der Waals surface area contributed by atoms with Crippen LogP contribution in [0.15, 0.2) is 47.4 Å². The van der Waals surface area contributed by atoms with Crippen molar-refractivity contribution < 1.29 is 17.9 Å². The topological polar surface area (TPSA) is 79.8 Å². The minimum atomic E-state index is -3.60. The fraction of sp³-hybridized carbons (Fsp3) is 0.440. The summed E-state index contributed by atoms with van der Waals surface area (Å²) in [5.41, 5.74) is 1.20. The number of thiazole rings is 1. The van der Waals surface area contributed by atoms with Crippen molar-refractivity contribution in [1.82, 2.24) is 9.29 Å². The van der Waals surface area contributed by atoms with Gasteiger partial charge in [-0.2, -0.15) is 4.31 Å². The summed E-state index contributed by atoms with van der Waals surface area (Å²) >= 11 is 1.60. The fourth-order valence-corrected chi connectivity index (χ4v) is 7.20. The number of fused-ring (bicyclic) bond motifs is 1. The lowest BCUT2D eigenvalue weighted by molar-refractivity contribution is 0.0735. The number of carbonyl (C=O) groups is 1. The standard InChI is InChI=1S/C25H29N3O4S2/c1-27(19-7-3-2-4-8-19)34(30,31)21-12-9-18(10-13-21)24(29)32-20-11-14-22-23(17-20)33-25(26-22)28-15-5-6-16-28/h9-14,17,19H,2-8,15-16H2,1H3. The molecule has 1 saturated heterocycles. The highest BCUT2D eigenvalue weighted by Gasteiger charge is 2.29. The highest BCUT2D eigenvalue weighted by atomic mass is 32.2. The molecule has 34 heavy (non-hydrogen) atoms. The van der Waals surface area contributed by atoms with Crippen LogP contribution in [0.2, 0.25) is 0 Å². The molecule has 0 spiro atoms. The smallest absolute Gasteiger partial charge is 0.343 e. The van der Waals surface area contributed by atoms with Gasteiger partial charge in [0.2, 0.25) is 10.0 Å². The van der Waals surface area contributed by atoms with Gasteiger partial charge in [0.05, 0.1) is 20.7 Å². The van der Waals surface area contributed by atoms with E-state index in [-0.39, 0.29) is 10.9 Å². The Hall–Kier alpha value is -2.49. The van der Waals surface area contributed by atoms with Crippen LogP contribution < -0.4 is 9.64 Å². The zero-order chi connectivity index (χ0) is 23.7. The number of ether oxygens (including phenoxy) is 1. The van der Waals surface area contributed by atoms with Crippen LogP contribution >= 0.6 is 11.3 Å². The second kappa shape index (κ2) is 9.64. The van der Waals surface area contributed by atoms with Gasteiger partial charge >= 0.3 is 5.97 Å². The summed E-state index contributed by atoms with van der Waals surface area (Å²) in [6.07, 6.45) is 7.44. The first-order chi connectivity index (χ1) is 16.4. The number of anilines is 1. The molecular formula is C25H29N3O4S2. The molecule has 180 valence electrons. The molecule has 0 N–H and O–H groups in total. The minimum absolute atomic E-state index is 0.0380. The van der Waals surface area contributed by atoms with E-state index in [2.05, 4.69) is 4.90 Å². The third-order valence-electron chi connectivity index (χ3n) is 6.79. The van der Waals surface area contributed by atoms with E-state index in [1.165, 1.54) is 41.4 Å². The van der Waals surface area contributed by atoms with Gasteiger partial charge in [-0.3, -0.25) is 0 Å². The Balaban J connectivity index is 1.28. The number of aromatic nitrogens is 1. The minimum Gasteiger partial charge on any atom is -0.423 e. The van der Waals surface area contributed by atoms with Crippen molar-refractivity contribution in [2.75, 3.05) is 25.0 Å². The van der Waals surface area contributed by atoms with E-state index in [0.29, 0.717) is 11.3 Å². The number of carbonyl (C=O) groups excluding carboxylic acids is 1. The van der Waals surface area contributed by atoms with E-state index >= 15 is 0 Å². The van der Waals surface area contributed by atoms with Crippen LogP contribution in [0, 0.1) is 0 Å². The second-order valence-corrected chi connectivity index (χ2v) is 12.1. The molecular weight excluding hydrogens is 470 g/mol. The van der Waals surface area contributed by atoms with E-state index < -0.39 is 16.0 Å². The molecule has 1 aliphatic heterocycles. The molecule has 0 bridgehead atoms. The summed E-state index contributed by atoms with van der Waals surface area (Å²) in [6, 6.07) is 11.5. The molecule has 0 radical (unpaired) electrons. The van der Waals surface area contributed by atoms with E-state index in [9.17, 15) is 13.2 Å². The summed E-state index contributed by atoms with van der Waals surface area (Å²) in [6.45, 7) is 2.06. The summed E-state index contributed by atoms with van der Waals surface area (Å²) in [5, 5.41) is 1.01. The van der Waals surface area contributed by atoms with Crippen molar-refractivity contribution >= 4 is 42.7 Å². The zero-order valence-corrected chi connectivity index (χ0v) is 20.9. The highest BCUT2D eigenvalue weighted by Crippen LogP contribution is 2.33. The predicted molar refractivity (Wildman–Crippen MR) is 134 cm³/mol. The number of hydrogen-bond donors (Lipinski definition) is 0. The number of nitrogens with zero attached hydrogens (tertiary/aromatic N) is 3. The average molecular weight is 500 g/mol. The van der Waals surface area contributed by atoms with Gasteiger partial charge in [0.15, 0.2) is 5.13 Å². The Morgan fingerprint density at radius 2 is 1.74 bits per heavy atom. The number of hydrogen-bond acceptors (Lipinski definition) is 7. The second-order valence-electron chi connectivity index (χ2n) is 9.05. The first-order valence-electron chi connectivity index (χ1n) is 11.9. The van der Waals surface area contributed by atoms with Crippen LogP contribution in [-0.2, 0) is 10.0 Å². The van der Waals surface area contributed by atoms with Crippen LogP contribution in [0.3, 0.4) is 0 Å². The van der Waals surface area contributed by atoms with E-state index in [1.807, 2.05) is 12.1 Å². The largest absolute Gasteiger partial charge is 0.423 e. The molecule has 1 saturated carbocycles. The van der Waals surface area contributed by atoms with Gasteiger partial charge in [0, 0.05) is 32.2 Å². The van der Waals surface area contributed by atoms with Crippen molar-refractivity contribution in [3.05, 3.63) is 48.0 Å². The van der Waals surface area contributed by atoms with Gasteiger partial charge in [-0.15, -0.1) is 0 Å². The lowest BCUT2D eigenvalue weighted by atomic mass is 9.96. The molecule has 7 nitrogen and oxygen atoms in total. The van der Waals surface area contributed by atoms with Crippen LogP contribution in [0.1, 0.15) is 55.3 Å². The maximum Gasteiger partial charge on any atom is 0.343 e. The van der Waals surface area contributed by atoms with Gasteiger partial charge in [-0.25, -0.2) is 18.2 Å². The van der Waals surface area contributed by atoms with Gasteiger partial charge in [0.1, 0.15) is 5.75 Å². The molecule has 5 rings (SSSR count). The van der Waals surface area contributed by atoms with Crippen molar-refractivity contribution in [3.8, 4) is 5.75 Å². The summed E-state index contributed by atoms with van der Waals surface area (Å²) in [7, 11) is -1.95. The molecule has 0 amide bonds. The van der Waals surface area contributed by atoms with E-state index in [0.717, 1.165) is 60.5 Å². The molecule has 0 unspecified atom stereocenters. The molecule has 3 aromatic rings. The van der Waals surface area contributed by atoms with Gasteiger partial charge in [0.25, 0.3) is 0 Å². The normalized spacial score (nSPS) is 17.5. The van der Waals surface area contributed by atoms with Crippen LogP contribution in [0.25, 0.3) is 10.2 Å². The lowest BCUT2D eigenvalue weighted by Crippen LogP contribution is -2.38. The third kappa shape index (κ3) is 4.69. The van der Waals surface area contributed by atoms with E-state index in [4.69, 9.17) is 9.72 Å². The number of sulfonamides is 1. The molecule has 9 heteroatoms. The Kier molecular flexibility index (Phi) is 6.59. The zero-order valence-electron chi connectivity index (χ0n) is 19.3. The maximum atomic E-state index is 13.0. The van der Waals surface area contributed by atoms with Gasteiger partial charge in [-0.05, 0) is 62.1 Å². The molecule has 2 heterocycles. The maximum absolute atomic E-state index is 13.0. The summed E-state index contributed by atoms with van der Waals surface area (Å²) in [5.74, 6) is -0.0731. The fourth-order valence-electron chi connectivity index (χ4n) is 4.74. The summed E-state index contributed by atoms with van der Waals surface area (Å²) < 4.78 is 34.1. The first kappa shape index (κ1) is 23.3. The van der Waals surface area contributed by atoms with Crippen molar-refractivity contribution in [2.24, 2.45) is 0 Å². The quantitative estimate of drug-likeness (QED) is 0.348. The predicted octanol–water partition coefficient (Wildman–Crippen LogP) is 5.07. The van der Waals surface area contributed by atoms with Crippen molar-refractivity contribution in [1.29, 1.82) is 0 Å². The molecule has 0 atom stereocenters. The van der Waals surface area contributed by atoms with Crippen molar-refractivity contribution in [3.63, 3.8) is 0 Å². The van der Waals surface area contributed by atoms with Crippen LogP contribution in [0.4, 0.5) is 5.13 Å². The Labute approximate surface area is 204 Å². The molecule has 1 aliphatic carbocycles. The Bertz CT molecular complexity index is 1280.